The van der Waals surface area contributed by atoms with Crippen LogP contribution in [0.5, 0.6) is 5.75 Å². The summed E-state index contributed by atoms with van der Waals surface area (Å²) in [4.78, 5) is 12.9. The summed E-state index contributed by atoms with van der Waals surface area (Å²) in [6.07, 6.45) is 0. The van der Waals surface area contributed by atoms with Crippen molar-refractivity contribution in [1.82, 2.24) is 0 Å². The van der Waals surface area contributed by atoms with Gasteiger partial charge in [0.25, 0.3) is 0 Å². The Morgan fingerprint density at radius 2 is 1.52 bits per heavy atom. The molecular formula is C19H22O2. The van der Waals surface area contributed by atoms with E-state index in [2.05, 4.69) is 20.8 Å². The van der Waals surface area contributed by atoms with Crippen LogP contribution < -0.4 is 4.74 Å². The first-order valence-corrected chi connectivity index (χ1v) is 7.31. The molecular weight excluding hydrogens is 260 g/mol. The first kappa shape index (κ1) is 15.3. The molecule has 0 atom stereocenters. The Balaban J connectivity index is 2.51. The maximum Gasteiger partial charge on any atom is 0.197 e. The highest BCUT2D eigenvalue weighted by atomic mass is 16.5. The van der Waals surface area contributed by atoms with Crippen LogP contribution in [0.1, 0.15) is 49.2 Å². The van der Waals surface area contributed by atoms with Gasteiger partial charge in [-0.25, -0.2) is 0 Å². The molecule has 0 unspecified atom stereocenters. The zero-order chi connectivity index (χ0) is 15.5. The summed E-state index contributed by atoms with van der Waals surface area (Å²) in [6.45, 7) is 8.82. The average molecular weight is 282 g/mol. The predicted molar refractivity (Wildman–Crippen MR) is 86.2 cm³/mol. The van der Waals surface area contributed by atoms with Crippen molar-refractivity contribution in [3.63, 3.8) is 0 Å². The minimum atomic E-state index is -0.0766. The van der Waals surface area contributed by atoms with Crippen LogP contribution in [0.2, 0.25) is 0 Å². The monoisotopic (exact) mass is 282 g/mol. The van der Waals surface area contributed by atoms with Gasteiger partial charge in [-0.1, -0.05) is 57.2 Å². The predicted octanol–water partition coefficient (Wildman–Crippen LogP) is 4.61. The number of carbonyl (C=O) groups is 1. The highest BCUT2D eigenvalue weighted by molar-refractivity contribution is 6.11. The number of benzene rings is 2. The second-order valence-electron chi connectivity index (χ2n) is 6.05. The topological polar surface area (TPSA) is 26.3 Å². The van der Waals surface area contributed by atoms with Gasteiger partial charge in [-0.15, -0.1) is 0 Å². The molecule has 0 aliphatic rings. The van der Waals surface area contributed by atoms with Gasteiger partial charge in [0, 0.05) is 5.56 Å². The Morgan fingerprint density at radius 3 is 2.14 bits per heavy atom. The molecule has 110 valence electrons. The van der Waals surface area contributed by atoms with Crippen LogP contribution >= 0.6 is 0 Å². The minimum Gasteiger partial charge on any atom is -0.493 e. The molecule has 2 heteroatoms. The van der Waals surface area contributed by atoms with E-state index in [9.17, 15) is 4.79 Å². The molecule has 2 rings (SSSR count). The Morgan fingerprint density at radius 1 is 0.952 bits per heavy atom. The summed E-state index contributed by atoms with van der Waals surface area (Å²) in [5.41, 5.74) is 2.35. The van der Waals surface area contributed by atoms with Gasteiger partial charge in [0.05, 0.1) is 12.2 Å². The van der Waals surface area contributed by atoms with Gasteiger partial charge in [0.15, 0.2) is 5.78 Å². The molecule has 0 amide bonds. The van der Waals surface area contributed by atoms with Crippen molar-refractivity contribution in [3.8, 4) is 5.75 Å². The van der Waals surface area contributed by atoms with E-state index in [-0.39, 0.29) is 11.2 Å². The van der Waals surface area contributed by atoms with E-state index >= 15 is 0 Å². The molecule has 0 radical (unpaired) electrons. The van der Waals surface area contributed by atoms with Crippen LogP contribution in [0.15, 0.2) is 48.5 Å². The number of carbonyl (C=O) groups excluding carboxylic acids is 1. The molecule has 0 bridgehead atoms. The van der Waals surface area contributed by atoms with Crippen molar-refractivity contribution >= 4 is 5.78 Å². The highest BCUT2D eigenvalue weighted by Gasteiger charge is 2.23. The molecule has 0 aliphatic carbocycles. The quantitative estimate of drug-likeness (QED) is 0.765. The summed E-state index contributed by atoms with van der Waals surface area (Å²) in [6, 6.07) is 15.2. The Hall–Kier alpha value is -2.09. The lowest BCUT2D eigenvalue weighted by Crippen LogP contribution is -2.17. The van der Waals surface area contributed by atoms with E-state index in [0.29, 0.717) is 17.9 Å². The molecule has 0 fully saturated rings. The molecule has 2 aromatic rings. The van der Waals surface area contributed by atoms with Crippen LogP contribution in [-0.2, 0) is 5.41 Å². The fourth-order valence-electron chi connectivity index (χ4n) is 2.42. The lowest BCUT2D eigenvalue weighted by molar-refractivity contribution is 0.103. The van der Waals surface area contributed by atoms with E-state index in [1.54, 1.807) is 0 Å². The lowest BCUT2D eigenvalue weighted by Gasteiger charge is -2.22. The maximum absolute atomic E-state index is 12.9. The summed E-state index contributed by atoms with van der Waals surface area (Å²) in [7, 11) is 0. The van der Waals surface area contributed by atoms with Gasteiger partial charge in [0.2, 0.25) is 0 Å². The molecule has 2 nitrogen and oxygen atoms in total. The smallest absolute Gasteiger partial charge is 0.197 e. The third-order valence-corrected chi connectivity index (χ3v) is 3.41. The molecule has 0 N–H and O–H groups in total. The Labute approximate surface area is 126 Å². The van der Waals surface area contributed by atoms with Crippen molar-refractivity contribution in [2.75, 3.05) is 6.61 Å². The Bertz CT molecular complexity index is 636. The molecule has 0 aromatic heterocycles. The molecule has 0 spiro atoms. The van der Waals surface area contributed by atoms with Gasteiger partial charge in [-0.05, 0) is 30.0 Å². The number of hydrogen-bond acceptors (Lipinski definition) is 2. The third-order valence-electron chi connectivity index (χ3n) is 3.41. The molecule has 0 saturated heterocycles. The standard InChI is InChI=1S/C19H22O2/c1-5-21-17-13-9-7-11-15(17)18(20)14-10-6-8-12-16(14)19(2,3)4/h6-13H,5H2,1-4H3. The first-order chi connectivity index (χ1) is 9.95. The highest BCUT2D eigenvalue weighted by Crippen LogP contribution is 2.29. The summed E-state index contributed by atoms with van der Waals surface area (Å²) < 4.78 is 5.58. The van der Waals surface area contributed by atoms with Crippen LogP contribution in [0, 0.1) is 0 Å². The lowest BCUT2D eigenvalue weighted by atomic mass is 9.82. The van der Waals surface area contributed by atoms with Crippen LogP contribution in [0.3, 0.4) is 0 Å². The van der Waals surface area contributed by atoms with Crippen LogP contribution in [-0.4, -0.2) is 12.4 Å². The maximum atomic E-state index is 12.9. The molecule has 2 aromatic carbocycles. The van der Waals surface area contributed by atoms with Crippen molar-refractivity contribution in [2.45, 2.75) is 33.1 Å². The van der Waals surface area contributed by atoms with E-state index in [1.165, 1.54) is 0 Å². The Kier molecular flexibility index (Phi) is 4.46. The largest absolute Gasteiger partial charge is 0.493 e. The zero-order valence-corrected chi connectivity index (χ0v) is 13.1. The summed E-state index contributed by atoms with van der Waals surface area (Å²) in [5.74, 6) is 0.665. The fourth-order valence-corrected chi connectivity index (χ4v) is 2.42. The third kappa shape index (κ3) is 3.33. The molecule has 21 heavy (non-hydrogen) atoms. The summed E-state index contributed by atoms with van der Waals surface area (Å²) >= 11 is 0. The van der Waals surface area contributed by atoms with E-state index in [4.69, 9.17) is 4.74 Å². The van der Waals surface area contributed by atoms with Gasteiger partial charge >= 0.3 is 0 Å². The number of rotatable bonds is 4. The zero-order valence-electron chi connectivity index (χ0n) is 13.1. The van der Waals surface area contributed by atoms with Gasteiger partial charge in [0.1, 0.15) is 5.75 Å². The van der Waals surface area contributed by atoms with Crippen molar-refractivity contribution in [3.05, 3.63) is 65.2 Å². The van der Waals surface area contributed by atoms with E-state index in [0.717, 1.165) is 11.1 Å². The van der Waals surface area contributed by atoms with Gasteiger partial charge < -0.3 is 4.74 Å². The van der Waals surface area contributed by atoms with Crippen molar-refractivity contribution in [2.24, 2.45) is 0 Å². The molecule has 0 saturated carbocycles. The number of hydrogen-bond donors (Lipinski definition) is 0. The fraction of sp³-hybridized carbons (Fsp3) is 0.316. The second-order valence-corrected chi connectivity index (χ2v) is 6.05. The summed E-state index contributed by atoms with van der Waals surface area (Å²) in [5, 5.41) is 0. The minimum absolute atomic E-state index is 0.0181. The van der Waals surface area contributed by atoms with Gasteiger partial charge in [-0.2, -0.15) is 0 Å². The average Bonchev–Trinajstić information content (AvgIpc) is 2.46. The van der Waals surface area contributed by atoms with E-state index < -0.39 is 0 Å². The molecule has 0 heterocycles. The normalized spacial score (nSPS) is 11.2. The van der Waals surface area contributed by atoms with Crippen molar-refractivity contribution in [1.29, 1.82) is 0 Å². The van der Waals surface area contributed by atoms with Gasteiger partial charge in [-0.3, -0.25) is 4.79 Å². The SMILES string of the molecule is CCOc1ccccc1C(=O)c1ccccc1C(C)(C)C. The van der Waals surface area contributed by atoms with Crippen molar-refractivity contribution < 1.29 is 9.53 Å². The molecule has 0 aliphatic heterocycles. The number of ketones is 1. The second kappa shape index (κ2) is 6.13. The first-order valence-electron chi connectivity index (χ1n) is 7.31. The van der Waals surface area contributed by atoms with Crippen LogP contribution in [0.4, 0.5) is 0 Å². The number of para-hydroxylation sites is 1. The van der Waals surface area contributed by atoms with E-state index in [1.807, 2.05) is 55.5 Å². The number of ether oxygens (including phenoxy) is 1. The van der Waals surface area contributed by atoms with Crippen LogP contribution in [0.25, 0.3) is 0 Å².